The molecule has 1 N–H and O–H groups in total. The Bertz CT molecular complexity index is 551. The number of benzene rings is 2. The Morgan fingerprint density at radius 1 is 1.05 bits per heavy atom. The summed E-state index contributed by atoms with van der Waals surface area (Å²) in [5, 5.41) is 3.18. The molecule has 0 saturated heterocycles. The van der Waals surface area contributed by atoms with Gasteiger partial charge in [-0.25, -0.2) is 4.39 Å². The number of ether oxygens (including phenoxy) is 1. The van der Waals surface area contributed by atoms with Crippen molar-refractivity contribution in [2.75, 3.05) is 6.54 Å². The molecule has 0 atom stereocenters. The number of halogens is 1. The normalized spacial score (nSPS) is 10.6. The quantitative estimate of drug-likeness (QED) is 0.864. The van der Waals surface area contributed by atoms with Gasteiger partial charge in [-0.2, -0.15) is 0 Å². The molecular formula is C17H20FNO. The minimum atomic E-state index is -0.265. The van der Waals surface area contributed by atoms with Gasteiger partial charge in [0.25, 0.3) is 0 Å². The van der Waals surface area contributed by atoms with Gasteiger partial charge in [-0.05, 0) is 36.7 Å². The molecular weight excluding hydrogens is 253 g/mol. The average molecular weight is 273 g/mol. The van der Waals surface area contributed by atoms with Gasteiger partial charge in [0.15, 0.2) is 0 Å². The molecule has 106 valence electrons. The molecule has 0 amide bonds. The number of aryl methyl sites for hydroxylation is 1. The summed E-state index contributed by atoms with van der Waals surface area (Å²) < 4.78 is 19.2. The Morgan fingerprint density at radius 3 is 2.50 bits per heavy atom. The molecule has 0 fully saturated rings. The summed E-state index contributed by atoms with van der Waals surface area (Å²) in [5.74, 6) is 0.304. The highest BCUT2D eigenvalue weighted by atomic mass is 19.1. The predicted molar refractivity (Wildman–Crippen MR) is 79.3 cm³/mol. The van der Waals surface area contributed by atoms with Gasteiger partial charge in [-0.1, -0.05) is 36.8 Å². The third-order valence-electron chi connectivity index (χ3n) is 3.04. The van der Waals surface area contributed by atoms with Gasteiger partial charge >= 0.3 is 0 Å². The maximum atomic E-state index is 13.5. The fraction of sp³-hybridized carbons (Fsp3) is 0.294. The van der Waals surface area contributed by atoms with E-state index in [-0.39, 0.29) is 5.82 Å². The first-order chi connectivity index (χ1) is 9.67. The Hall–Kier alpha value is -1.87. The second-order valence-corrected chi connectivity index (χ2v) is 4.85. The lowest BCUT2D eigenvalue weighted by molar-refractivity contribution is 0.304. The van der Waals surface area contributed by atoms with Gasteiger partial charge in [0.1, 0.15) is 18.2 Å². The molecule has 2 nitrogen and oxygen atoms in total. The molecule has 2 rings (SSSR count). The Labute approximate surface area is 119 Å². The smallest absolute Gasteiger partial charge is 0.127 e. The molecule has 0 aromatic heterocycles. The molecule has 20 heavy (non-hydrogen) atoms. The standard InChI is InChI=1S/C17H20FNO/c1-3-19-11-15-8-16(18)10-17(9-15)20-12-14-6-4-13(2)5-7-14/h4-10,19H,3,11-12H2,1-2H3. The Morgan fingerprint density at radius 2 is 1.80 bits per heavy atom. The molecule has 0 saturated carbocycles. The fourth-order valence-electron chi connectivity index (χ4n) is 1.93. The van der Waals surface area contributed by atoms with Crippen LogP contribution in [0, 0.1) is 12.7 Å². The van der Waals surface area contributed by atoms with Crippen LogP contribution in [-0.2, 0) is 13.2 Å². The molecule has 0 unspecified atom stereocenters. The third-order valence-corrected chi connectivity index (χ3v) is 3.04. The molecule has 3 heteroatoms. The van der Waals surface area contributed by atoms with Crippen LogP contribution < -0.4 is 10.1 Å². The van der Waals surface area contributed by atoms with Crippen LogP contribution in [0.4, 0.5) is 4.39 Å². The highest BCUT2D eigenvalue weighted by Crippen LogP contribution is 2.18. The molecule has 0 aliphatic carbocycles. The highest BCUT2D eigenvalue weighted by Gasteiger charge is 2.02. The summed E-state index contributed by atoms with van der Waals surface area (Å²) in [6, 6.07) is 13.0. The Balaban J connectivity index is 2.01. The second kappa shape index (κ2) is 7.06. The van der Waals surface area contributed by atoms with Crippen LogP contribution in [0.15, 0.2) is 42.5 Å². The second-order valence-electron chi connectivity index (χ2n) is 4.85. The van der Waals surface area contributed by atoms with Crippen LogP contribution in [0.5, 0.6) is 5.75 Å². The maximum Gasteiger partial charge on any atom is 0.127 e. The van der Waals surface area contributed by atoms with Gasteiger partial charge in [0.05, 0.1) is 0 Å². The zero-order valence-corrected chi connectivity index (χ0v) is 11.9. The summed E-state index contributed by atoms with van der Waals surface area (Å²) in [4.78, 5) is 0. The zero-order valence-electron chi connectivity index (χ0n) is 11.9. The fourth-order valence-corrected chi connectivity index (χ4v) is 1.93. The van der Waals surface area contributed by atoms with Gasteiger partial charge < -0.3 is 10.1 Å². The van der Waals surface area contributed by atoms with E-state index in [1.807, 2.05) is 44.2 Å². The van der Waals surface area contributed by atoms with Gasteiger partial charge in [-0.15, -0.1) is 0 Å². The van der Waals surface area contributed by atoms with Crippen LogP contribution in [0.2, 0.25) is 0 Å². The lowest BCUT2D eigenvalue weighted by Crippen LogP contribution is -2.12. The van der Waals surface area contributed by atoms with Gasteiger partial charge in [0, 0.05) is 12.6 Å². The number of hydrogen-bond donors (Lipinski definition) is 1. The molecule has 0 bridgehead atoms. The summed E-state index contributed by atoms with van der Waals surface area (Å²) in [6.45, 7) is 6.02. The van der Waals surface area contributed by atoms with E-state index in [9.17, 15) is 4.39 Å². The van der Waals surface area contributed by atoms with Crippen molar-refractivity contribution in [1.82, 2.24) is 5.32 Å². The molecule has 2 aromatic carbocycles. The van der Waals surface area contributed by atoms with E-state index >= 15 is 0 Å². The van der Waals surface area contributed by atoms with Crippen molar-refractivity contribution in [1.29, 1.82) is 0 Å². The van der Waals surface area contributed by atoms with Crippen molar-refractivity contribution in [3.63, 3.8) is 0 Å². The number of hydrogen-bond acceptors (Lipinski definition) is 2. The number of nitrogens with one attached hydrogen (secondary N) is 1. The lowest BCUT2D eigenvalue weighted by Gasteiger charge is -2.09. The molecule has 0 aliphatic rings. The van der Waals surface area contributed by atoms with Crippen LogP contribution >= 0.6 is 0 Å². The minimum absolute atomic E-state index is 0.265. The van der Waals surface area contributed by atoms with E-state index in [0.29, 0.717) is 18.9 Å². The zero-order chi connectivity index (χ0) is 14.4. The summed E-state index contributed by atoms with van der Waals surface area (Å²) >= 11 is 0. The van der Waals surface area contributed by atoms with E-state index in [4.69, 9.17) is 4.74 Å². The average Bonchev–Trinajstić information content (AvgIpc) is 2.44. The summed E-state index contributed by atoms with van der Waals surface area (Å²) in [5.41, 5.74) is 3.19. The SMILES string of the molecule is CCNCc1cc(F)cc(OCc2ccc(C)cc2)c1. The molecule has 0 radical (unpaired) electrons. The highest BCUT2D eigenvalue weighted by molar-refractivity contribution is 5.30. The van der Waals surface area contributed by atoms with Crippen molar-refractivity contribution in [3.8, 4) is 5.75 Å². The van der Waals surface area contributed by atoms with Crippen molar-refractivity contribution in [2.24, 2.45) is 0 Å². The van der Waals surface area contributed by atoms with Gasteiger partial charge in [-0.3, -0.25) is 0 Å². The van der Waals surface area contributed by atoms with E-state index in [2.05, 4.69) is 5.32 Å². The van der Waals surface area contributed by atoms with E-state index < -0.39 is 0 Å². The number of rotatable bonds is 6. The van der Waals surface area contributed by atoms with Crippen molar-refractivity contribution in [3.05, 3.63) is 65.0 Å². The van der Waals surface area contributed by atoms with E-state index in [0.717, 1.165) is 17.7 Å². The topological polar surface area (TPSA) is 21.3 Å². The van der Waals surface area contributed by atoms with Crippen LogP contribution in [0.25, 0.3) is 0 Å². The molecule has 0 spiro atoms. The molecule has 2 aromatic rings. The molecule has 0 heterocycles. The first-order valence-corrected chi connectivity index (χ1v) is 6.86. The predicted octanol–water partition coefficient (Wildman–Crippen LogP) is 3.82. The summed E-state index contributed by atoms with van der Waals surface area (Å²) in [7, 11) is 0. The van der Waals surface area contributed by atoms with Crippen LogP contribution in [0.3, 0.4) is 0 Å². The van der Waals surface area contributed by atoms with Gasteiger partial charge in [0.2, 0.25) is 0 Å². The largest absolute Gasteiger partial charge is 0.489 e. The maximum absolute atomic E-state index is 13.5. The van der Waals surface area contributed by atoms with Crippen LogP contribution in [-0.4, -0.2) is 6.54 Å². The van der Waals surface area contributed by atoms with Crippen LogP contribution in [0.1, 0.15) is 23.6 Å². The van der Waals surface area contributed by atoms with E-state index in [1.165, 1.54) is 17.7 Å². The Kier molecular flexibility index (Phi) is 5.13. The third kappa shape index (κ3) is 4.35. The van der Waals surface area contributed by atoms with Crippen molar-refractivity contribution >= 4 is 0 Å². The van der Waals surface area contributed by atoms with Crippen molar-refractivity contribution in [2.45, 2.75) is 27.0 Å². The monoisotopic (exact) mass is 273 g/mol. The molecule has 0 aliphatic heterocycles. The first kappa shape index (κ1) is 14.5. The summed E-state index contributed by atoms with van der Waals surface area (Å²) in [6.07, 6.45) is 0. The minimum Gasteiger partial charge on any atom is -0.489 e. The first-order valence-electron chi connectivity index (χ1n) is 6.86. The van der Waals surface area contributed by atoms with E-state index in [1.54, 1.807) is 0 Å². The lowest BCUT2D eigenvalue weighted by atomic mass is 10.1. The van der Waals surface area contributed by atoms with Crippen molar-refractivity contribution < 1.29 is 9.13 Å².